The Morgan fingerprint density at radius 2 is 1.73 bits per heavy atom. The molecule has 0 atom stereocenters. The lowest BCUT2D eigenvalue weighted by molar-refractivity contribution is 0.106. The summed E-state index contributed by atoms with van der Waals surface area (Å²) in [5.41, 5.74) is 6.30. The van der Waals surface area contributed by atoms with Crippen LogP contribution in [0.25, 0.3) is 10.8 Å². The Morgan fingerprint density at radius 3 is 2.50 bits per heavy atom. The first kappa shape index (κ1) is 16.7. The molecule has 26 heavy (non-hydrogen) atoms. The molecule has 0 spiro atoms. The molecule has 4 nitrogen and oxygen atoms in total. The van der Waals surface area contributed by atoms with Crippen molar-refractivity contribution in [3.63, 3.8) is 0 Å². The monoisotopic (exact) mass is 379 g/mol. The summed E-state index contributed by atoms with van der Waals surface area (Å²) in [6.07, 6.45) is 0. The lowest BCUT2D eigenvalue weighted by Gasteiger charge is -2.11. The minimum Gasteiger partial charge on any atom is -0.331 e. The summed E-state index contributed by atoms with van der Waals surface area (Å²) < 4.78 is 0. The Hall–Kier alpha value is -2.76. The second-order valence-corrected chi connectivity index (χ2v) is 6.79. The van der Waals surface area contributed by atoms with Crippen LogP contribution in [0.3, 0.4) is 0 Å². The number of Topliss-reactive ketones (excluding diaryl/α,β-unsaturated/α-hetero) is 1. The summed E-state index contributed by atoms with van der Waals surface area (Å²) in [4.78, 5) is 12.7. The topological polar surface area (TPSA) is 53.5 Å². The zero-order chi connectivity index (χ0) is 18.3. The summed E-state index contributed by atoms with van der Waals surface area (Å²) in [5, 5.41) is 10.2. The van der Waals surface area contributed by atoms with Crippen LogP contribution < -0.4 is 10.7 Å². The van der Waals surface area contributed by atoms with E-state index in [1.807, 2.05) is 61.5 Å². The molecule has 0 saturated carbocycles. The molecule has 0 aliphatic heterocycles. The van der Waals surface area contributed by atoms with Gasteiger partial charge in [0.25, 0.3) is 0 Å². The number of rotatable bonds is 2. The molecule has 2 N–H and O–H groups in total. The van der Waals surface area contributed by atoms with Crippen molar-refractivity contribution in [2.45, 2.75) is 6.92 Å². The van der Waals surface area contributed by atoms with E-state index in [4.69, 9.17) is 23.8 Å². The van der Waals surface area contributed by atoms with Crippen molar-refractivity contribution in [2.75, 3.05) is 5.32 Å². The maximum Gasteiger partial charge on any atom is 0.214 e. The molecule has 1 aliphatic carbocycles. The van der Waals surface area contributed by atoms with Gasteiger partial charge in [-0.25, -0.2) is 0 Å². The number of anilines is 1. The molecule has 0 radical (unpaired) electrons. The maximum atomic E-state index is 12.7. The molecule has 4 rings (SSSR count). The quantitative estimate of drug-likeness (QED) is 0.501. The van der Waals surface area contributed by atoms with Crippen LogP contribution >= 0.6 is 23.8 Å². The van der Waals surface area contributed by atoms with Crippen molar-refractivity contribution in [3.05, 3.63) is 76.3 Å². The van der Waals surface area contributed by atoms with Gasteiger partial charge in [-0.1, -0.05) is 54.1 Å². The van der Waals surface area contributed by atoms with Gasteiger partial charge in [0.1, 0.15) is 5.71 Å². The SMILES string of the molecule is Cc1c(Cl)cccc1NC(=S)N/N=C1\C(=O)c2cccc3cccc1c23. The fraction of sp³-hybridized carbons (Fsp3) is 0.0500. The minimum atomic E-state index is -0.106. The summed E-state index contributed by atoms with van der Waals surface area (Å²) >= 11 is 11.4. The lowest BCUT2D eigenvalue weighted by Crippen LogP contribution is -2.26. The van der Waals surface area contributed by atoms with Crippen molar-refractivity contribution in [1.29, 1.82) is 0 Å². The van der Waals surface area contributed by atoms with Crippen LogP contribution in [-0.4, -0.2) is 16.6 Å². The number of hydrogen-bond acceptors (Lipinski definition) is 3. The summed E-state index contributed by atoms with van der Waals surface area (Å²) in [6, 6.07) is 17.0. The van der Waals surface area contributed by atoms with E-state index in [1.165, 1.54) is 0 Å². The van der Waals surface area contributed by atoms with Crippen LogP contribution in [0.1, 0.15) is 21.5 Å². The van der Waals surface area contributed by atoms with Gasteiger partial charge < -0.3 is 5.32 Å². The van der Waals surface area contributed by atoms with Crippen molar-refractivity contribution in [2.24, 2.45) is 5.10 Å². The van der Waals surface area contributed by atoms with E-state index in [0.29, 0.717) is 21.4 Å². The Kier molecular flexibility index (Phi) is 4.18. The largest absolute Gasteiger partial charge is 0.331 e. The van der Waals surface area contributed by atoms with Crippen LogP contribution in [-0.2, 0) is 0 Å². The molecule has 0 saturated heterocycles. The third kappa shape index (κ3) is 2.75. The van der Waals surface area contributed by atoms with Gasteiger partial charge in [-0.05, 0) is 42.2 Å². The average molecular weight is 380 g/mol. The maximum absolute atomic E-state index is 12.7. The standard InChI is InChI=1S/C20H14ClN3OS/c1-11-15(21)9-4-10-16(11)22-20(26)24-23-18-13-7-2-5-12-6-3-8-14(17(12)13)19(18)25/h2-10H,1H3,(H2,22,24,26)/b23-18-. The summed E-state index contributed by atoms with van der Waals surface area (Å²) in [7, 11) is 0. The normalized spacial score (nSPS) is 14.1. The van der Waals surface area contributed by atoms with Crippen molar-refractivity contribution in [3.8, 4) is 0 Å². The van der Waals surface area contributed by atoms with Crippen LogP contribution in [0.4, 0.5) is 5.69 Å². The summed E-state index contributed by atoms with van der Waals surface area (Å²) in [5.74, 6) is -0.106. The van der Waals surface area contributed by atoms with E-state index >= 15 is 0 Å². The van der Waals surface area contributed by atoms with Crippen LogP contribution in [0.5, 0.6) is 0 Å². The van der Waals surface area contributed by atoms with Gasteiger partial charge in [0.15, 0.2) is 5.11 Å². The van der Waals surface area contributed by atoms with Gasteiger partial charge in [-0.2, -0.15) is 5.10 Å². The fourth-order valence-corrected chi connectivity index (χ4v) is 3.42. The van der Waals surface area contributed by atoms with Gasteiger partial charge >= 0.3 is 0 Å². The number of nitrogens with zero attached hydrogens (tertiary/aromatic N) is 1. The number of nitrogens with one attached hydrogen (secondary N) is 2. The van der Waals surface area contributed by atoms with Crippen molar-refractivity contribution >= 4 is 56.9 Å². The average Bonchev–Trinajstić information content (AvgIpc) is 2.91. The zero-order valence-corrected chi connectivity index (χ0v) is 15.4. The van der Waals surface area contributed by atoms with E-state index < -0.39 is 0 Å². The molecule has 0 bridgehead atoms. The van der Waals surface area contributed by atoms with E-state index in [-0.39, 0.29) is 5.78 Å². The number of ketones is 1. The zero-order valence-electron chi connectivity index (χ0n) is 13.8. The molecule has 0 amide bonds. The predicted molar refractivity (Wildman–Crippen MR) is 110 cm³/mol. The molecule has 3 aromatic carbocycles. The van der Waals surface area contributed by atoms with Gasteiger partial charge in [-0.15, -0.1) is 0 Å². The number of halogens is 1. The molecule has 0 aromatic heterocycles. The van der Waals surface area contributed by atoms with E-state index in [2.05, 4.69) is 15.8 Å². The Balaban J connectivity index is 1.60. The Bertz CT molecular complexity index is 1100. The van der Waals surface area contributed by atoms with Crippen molar-refractivity contribution < 1.29 is 4.79 Å². The number of benzene rings is 3. The van der Waals surface area contributed by atoms with E-state index in [0.717, 1.165) is 27.6 Å². The first-order valence-corrected chi connectivity index (χ1v) is 8.81. The highest BCUT2D eigenvalue weighted by atomic mass is 35.5. The van der Waals surface area contributed by atoms with Gasteiger partial charge in [-0.3, -0.25) is 10.2 Å². The van der Waals surface area contributed by atoms with Crippen LogP contribution in [0.2, 0.25) is 5.02 Å². The smallest absolute Gasteiger partial charge is 0.214 e. The van der Waals surface area contributed by atoms with Crippen LogP contribution in [0, 0.1) is 6.92 Å². The molecule has 3 aromatic rings. The highest BCUT2D eigenvalue weighted by Gasteiger charge is 2.28. The first-order chi connectivity index (χ1) is 12.6. The molecule has 6 heteroatoms. The van der Waals surface area contributed by atoms with E-state index in [9.17, 15) is 4.79 Å². The third-order valence-corrected chi connectivity index (χ3v) is 5.01. The lowest BCUT2D eigenvalue weighted by atomic mass is 10.1. The van der Waals surface area contributed by atoms with Gasteiger partial charge in [0, 0.05) is 27.2 Å². The highest BCUT2D eigenvalue weighted by molar-refractivity contribution is 7.80. The predicted octanol–water partition coefficient (Wildman–Crippen LogP) is 4.69. The number of thiocarbonyl (C=S) groups is 1. The Morgan fingerprint density at radius 1 is 1.04 bits per heavy atom. The number of carbonyl (C=O) groups excluding carboxylic acids is 1. The van der Waals surface area contributed by atoms with Gasteiger partial charge in [0.05, 0.1) is 0 Å². The fourth-order valence-electron chi connectivity index (χ4n) is 3.09. The minimum absolute atomic E-state index is 0.106. The second kappa shape index (κ2) is 6.52. The highest BCUT2D eigenvalue weighted by Crippen LogP contribution is 2.30. The molecule has 0 unspecified atom stereocenters. The third-order valence-electron chi connectivity index (χ3n) is 4.40. The van der Waals surface area contributed by atoms with Crippen LogP contribution in [0.15, 0.2) is 59.7 Å². The molecule has 1 aliphatic rings. The Labute approximate surface area is 160 Å². The van der Waals surface area contributed by atoms with Crippen molar-refractivity contribution in [1.82, 2.24) is 5.43 Å². The van der Waals surface area contributed by atoms with E-state index in [1.54, 1.807) is 0 Å². The second-order valence-electron chi connectivity index (χ2n) is 5.98. The molecule has 0 fully saturated rings. The molecule has 0 heterocycles. The number of carbonyl (C=O) groups is 1. The first-order valence-electron chi connectivity index (χ1n) is 8.03. The molecule has 128 valence electrons. The molecular formula is C20H14ClN3OS. The molecular weight excluding hydrogens is 366 g/mol. The number of hydrazone groups is 1. The summed E-state index contributed by atoms with van der Waals surface area (Å²) in [6.45, 7) is 1.90. The number of hydrogen-bond donors (Lipinski definition) is 2. The van der Waals surface area contributed by atoms with Gasteiger partial charge in [0.2, 0.25) is 5.78 Å².